The van der Waals surface area contributed by atoms with E-state index in [2.05, 4.69) is 0 Å². The first-order valence-corrected chi connectivity index (χ1v) is 12.0. The number of carbonyl (C=O) groups excluding carboxylic acids is 1. The van der Waals surface area contributed by atoms with E-state index in [4.69, 9.17) is 20.4 Å². The zero-order valence-electron chi connectivity index (χ0n) is 21.9. The molecule has 0 aliphatic carbocycles. The lowest BCUT2D eigenvalue weighted by Gasteiger charge is -2.25. The number of carboxylic acid groups (broad SMARTS) is 1. The monoisotopic (exact) mass is 570 g/mol. The molecule has 2 unspecified atom stereocenters. The highest BCUT2D eigenvalue weighted by atomic mass is 19.4. The van der Waals surface area contributed by atoms with Gasteiger partial charge in [0.05, 0.1) is 35.1 Å². The van der Waals surface area contributed by atoms with Crippen LogP contribution in [0.25, 0.3) is 0 Å². The van der Waals surface area contributed by atoms with E-state index in [1.807, 2.05) is 6.07 Å². The van der Waals surface area contributed by atoms with Gasteiger partial charge in [-0.05, 0) is 56.9 Å². The summed E-state index contributed by atoms with van der Waals surface area (Å²) in [6, 6.07) is 13.0. The number of alkyl halides is 6. The maximum Gasteiger partial charge on any atom is 0.416 e. The Hall–Kier alpha value is -4.06. The lowest BCUT2D eigenvalue weighted by molar-refractivity contribution is -0.157. The molecule has 0 fully saturated rings. The van der Waals surface area contributed by atoms with Gasteiger partial charge in [-0.3, -0.25) is 9.59 Å². The summed E-state index contributed by atoms with van der Waals surface area (Å²) in [4.78, 5) is 23.3. The van der Waals surface area contributed by atoms with Gasteiger partial charge >= 0.3 is 24.3 Å². The molecule has 2 rings (SSSR count). The molecule has 12 heteroatoms. The molecule has 2 aromatic carbocycles. The van der Waals surface area contributed by atoms with Gasteiger partial charge in [0, 0.05) is 12.8 Å². The van der Waals surface area contributed by atoms with Crippen LogP contribution in [0.2, 0.25) is 0 Å². The first-order valence-electron chi connectivity index (χ1n) is 12.0. The van der Waals surface area contributed by atoms with E-state index in [0.29, 0.717) is 0 Å². The van der Waals surface area contributed by atoms with E-state index < -0.39 is 52.9 Å². The number of hydrogen-bond acceptors (Lipinski definition) is 5. The minimum atomic E-state index is -4.60. The van der Waals surface area contributed by atoms with Crippen molar-refractivity contribution < 1.29 is 45.8 Å². The summed E-state index contributed by atoms with van der Waals surface area (Å²) < 4.78 is 82.8. The second-order valence-corrected chi connectivity index (χ2v) is 9.54. The Morgan fingerprint density at radius 3 is 1.50 bits per heavy atom. The molecule has 0 aliphatic rings. The van der Waals surface area contributed by atoms with Gasteiger partial charge in [0.25, 0.3) is 0 Å². The lowest BCUT2D eigenvalue weighted by atomic mass is 9.90. The van der Waals surface area contributed by atoms with Gasteiger partial charge in [0.1, 0.15) is 5.60 Å². The molecule has 2 atom stereocenters. The van der Waals surface area contributed by atoms with E-state index in [1.165, 1.54) is 30.3 Å². The Bertz CT molecular complexity index is 1240. The normalized spacial score (nSPS) is 13.1. The molecule has 0 saturated carbocycles. The Labute approximate surface area is 227 Å². The predicted octanol–water partition coefficient (Wildman–Crippen LogP) is 7.61. The topological polar surface area (TPSA) is 111 Å². The Morgan fingerprint density at radius 2 is 1.15 bits per heavy atom. The highest BCUT2D eigenvalue weighted by Crippen LogP contribution is 2.38. The zero-order valence-corrected chi connectivity index (χ0v) is 21.9. The third kappa shape index (κ3) is 10.6. The Morgan fingerprint density at radius 1 is 0.775 bits per heavy atom. The molecule has 0 saturated heterocycles. The zero-order chi connectivity index (χ0) is 30.7. The van der Waals surface area contributed by atoms with Gasteiger partial charge in [-0.15, -0.1) is 0 Å². The van der Waals surface area contributed by atoms with Crippen molar-refractivity contribution in [1.82, 2.24) is 0 Å². The van der Waals surface area contributed by atoms with Crippen molar-refractivity contribution in [2.24, 2.45) is 0 Å². The minimum Gasteiger partial charge on any atom is -0.481 e. The number of halogens is 6. The highest BCUT2D eigenvalue weighted by molar-refractivity contribution is 5.79. The smallest absolute Gasteiger partial charge is 0.416 e. The fourth-order valence-corrected chi connectivity index (χ4v) is 3.72. The number of rotatable bonds is 8. The van der Waals surface area contributed by atoms with Crippen LogP contribution in [0.4, 0.5) is 26.3 Å². The second-order valence-electron chi connectivity index (χ2n) is 9.54. The molecule has 40 heavy (non-hydrogen) atoms. The molecule has 1 N–H and O–H groups in total. The summed E-state index contributed by atoms with van der Waals surface area (Å²) in [5, 5.41) is 26.1. The number of aliphatic carboxylic acids is 1. The number of hydrogen-bond donors (Lipinski definition) is 1. The third-order valence-electron chi connectivity index (χ3n) is 5.36. The van der Waals surface area contributed by atoms with Crippen molar-refractivity contribution >= 4 is 11.9 Å². The van der Waals surface area contributed by atoms with Gasteiger partial charge in [-0.25, -0.2) is 0 Å². The molecular formula is C28H28F6N2O4. The molecule has 0 radical (unpaired) electrons. The molecule has 0 bridgehead atoms. The molecule has 0 heterocycles. The van der Waals surface area contributed by atoms with Crippen LogP contribution in [-0.4, -0.2) is 22.6 Å². The van der Waals surface area contributed by atoms with Crippen LogP contribution >= 0.6 is 0 Å². The first-order chi connectivity index (χ1) is 18.4. The molecule has 6 nitrogen and oxygen atoms in total. The average molecular weight is 571 g/mol. The summed E-state index contributed by atoms with van der Waals surface area (Å²) in [6.07, 6.45) is -9.46. The van der Waals surface area contributed by atoms with Gasteiger partial charge < -0.3 is 9.84 Å². The Balaban J connectivity index is 0.000000408. The summed E-state index contributed by atoms with van der Waals surface area (Å²) >= 11 is 0. The van der Waals surface area contributed by atoms with Crippen LogP contribution in [0, 0.1) is 22.7 Å². The van der Waals surface area contributed by atoms with Gasteiger partial charge in [-0.1, -0.05) is 36.4 Å². The van der Waals surface area contributed by atoms with Gasteiger partial charge in [0.15, 0.2) is 0 Å². The fraction of sp³-hybridized carbons (Fsp3) is 0.429. The number of ether oxygens (including phenoxy) is 1. The number of carbonyl (C=O) groups is 2. The number of nitriles is 2. The second kappa shape index (κ2) is 14.4. The largest absolute Gasteiger partial charge is 0.481 e. The number of benzene rings is 2. The number of nitrogens with zero attached hydrogens (tertiary/aromatic N) is 2. The van der Waals surface area contributed by atoms with E-state index in [1.54, 1.807) is 26.8 Å². The van der Waals surface area contributed by atoms with Crippen LogP contribution in [0.5, 0.6) is 0 Å². The molecule has 0 amide bonds. The van der Waals surface area contributed by atoms with E-state index in [-0.39, 0.29) is 36.8 Å². The molecule has 2 aromatic rings. The van der Waals surface area contributed by atoms with Crippen molar-refractivity contribution in [2.75, 3.05) is 0 Å². The van der Waals surface area contributed by atoms with Crippen molar-refractivity contribution in [3.8, 4) is 12.1 Å². The lowest BCUT2D eigenvalue weighted by Crippen LogP contribution is -2.29. The average Bonchev–Trinajstić information content (AvgIpc) is 2.83. The first kappa shape index (κ1) is 34.0. The van der Waals surface area contributed by atoms with Crippen LogP contribution in [0.3, 0.4) is 0 Å². The quantitative estimate of drug-likeness (QED) is 0.258. The molecule has 0 aliphatic heterocycles. The summed E-state index contributed by atoms with van der Waals surface area (Å²) in [7, 11) is 0. The standard InChI is InChI=1S/C16H18F3NO2.C12H10F3NO2/c1-15(2,3)22-14(21)12(8-6-10-20)11-7-4-5-9-13(11)16(17,18)19;13-12(14,15)10-6-2-1-4-8(10)9(11(17)18)5-3-7-16/h4-5,7,9,12H,6,8H2,1-3H3;1-2,4,6,9H,3,5H2,(H,17,18). The van der Waals surface area contributed by atoms with Crippen molar-refractivity contribution in [3.05, 3.63) is 70.8 Å². The van der Waals surface area contributed by atoms with Crippen molar-refractivity contribution in [3.63, 3.8) is 0 Å². The number of esters is 1. The van der Waals surface area contributed by atoms with E-state index >= 15 is 0 Å². The van der Waals surface area contributed by atoms with Crippen LogP contribution in [0.15, 0.2) is 48.5 Å². The molecule has 216 valence electrons. The molecule has 0 spiro atoms. The van der Waals surface area contributed by atoms with Crippen LogP contribution in [0.1, 0.15) is 80.5 Å². The molecular weight excluding hydrogens is 542 g/mol. The van der Waals surface area contributed by atoms with Crippen molar-refractivity contribution in [1.29, 1.82) is 10.5 Å². The van der Waals surface area contributed by atoms with Gasteiger partial charge in [0.2, 0.25) is 0 Å². The van der Waals surface area contributed by atoms with E-state index in [9.17, 15) is 35.9 Å². The third-order valence-corrected chi connectivity index (χ3v) is 5.36. The van der Waals surface area contributed by atoms with E-state index in [0.717, 1.165) is 18.2 Å². The maximum absolute atomic E-state index is 13.1. The molecule has 0 aromatic heterocycles. The van der Waals surface area contributed by atoms with Crippen molar-refractivity contribution in [2.45, 2.75) is 76.2 Å². The summed E-state index contributed by atoms with van der Waals surface area (Å²) in [5.74, 6) is -4.54. The van der Waals surface area contributed by atoms with Crippen LogP contribution < -0.4 is 0 Å². The van der Waals surface area contributed by atoms with Gasteiger partial charge in [-0.2, -0.15) is 36.9 Å². The summed E-state index contributed by atoms with van der Waals surface area (Å²) in [5.41, 5.74) is -3.10. The number of carboxylic acids is 1. The highest BCUT2D eigenvalue weighted by Gasteiger charge is 2.38. The maximum atomic E-state index is 13.1. The van der Waals surface area contributed by atoms with Crippen LogP contribution in [-0.2, 0) is 26.7 Å². The fourth-order valence-electron chi connectivity index (χ4n) is 3.72. The minimum absolute atomic E-state index is 0.0154. The summed E-state index contributed by atoms with van der Waals surface area (Å²) in [6.45, 7) is 4.92. The Kier molecular flexibility index (Phi) is 12.2. The predicted molar refractivity (Wildman–Crippen MR) is 132 cm³/mol. The SMILES string of the molecule is CC(C)(C)OC(=O)C(CCC#N)c1ccccc1C(F)(F)F.N#CCCC(C(=O)O)c1ccccc1C(F)(F)F.